The quantitative estimate of drug-likeness (QED) is 0.469. The Labute approximate surface area is 202 Å². The molecule has 0 radical (unpaired) electrons. The first kappa shape index (κ1) is 26.9. The molecule has 0 atom stereocenters. The summed E-state index contributed by atoms with van der Waals surface area (Å²) >= 11 is 0. The Morgan fingerprint density at radius 1 is 1.00 bits per heavy atom. The number of urea groups is 1. The van der Waals surface area contributed by atoms with Crippen LogP contribution in [0.3, 0.4) is 0 Å². The van der Waals surface area contributed by atoms with E-state index in [2.05, 4.69) is 4.99 Å². The Bertz CT molecular complexity index is 934. The molecule has 0 aromatic heterocycles. The third kappa shape index (κ3) is 7.93. The van der Waals surface area contributed by atoms with Crippen LogP contribution < -0.4 is 0 Å². The number of aliphatic imine (C=N–C) groups is 1. The summed E-state index contributed by atoms with van der Waals surface area (Å²) in [6, 6.07) is 7.49. The van der Waals surface area contributed by atoms with Crippen LogP contribution in [0, 0.1) is 6.92 Å². The third-order valence-corrected chi connectivity index (χ3v) is 4.56. The number of amides is 4. The lowest BCUT2D eigenvalue weighted by Gasteiger charge is -2.42. The summed E-state index contributed by atoms with van der Waals surface area (Å²) in [4.78, 5) is 48.5. The molecule has 0 unspecified atom stereocenters. The third-order valence-electron chi connectivity index (χ3n) is 4.56. The van der Waals surface area contributed by atoms with Crippen LogP contribution in [-0.2, 0) is 16.0 Å². The van der Waals surface area contributed by atoms with Gasteiger partial charge in [-0.05, 0) is 54.0 Å². The average Bonchev–Trinajstić information content (AvgIpc) is 2.65. The predicted octanol–water partition coefficient (Wildman–Crippen LogP) is 4.24. The summed E-state index contributed by atoms with van der Waals surface area (Å²) in [6.45, 7) is 12.8. The summed E-state index contributed by atoms with van der Waals surface area (Å²) < 4.78 is 11.1. The van der Waals surface area contributed by atoms with Gasteiger partial charge in [0.15, 0.2) is 0 Å². The van der Waals surface area contributed by atoms with E-state index in [1.807, 2.05) is 31.2 Å². The SMILES string of the molecule is Cc1cccc(CN(C(=O)OC(C)(C)C)/C(=N/C(=O)OC(C)(C)C)N2CN(C)C(=O)N(C)C2)c1. The Hall–Kier alpha value is -3.30. The van der Waals surface area contributed by atoms with Crippen molar-refractivity contribution < 1.29 is 23.9 Å². The number of aryl methyl sites for hydroxylation is 1. The van der Waals surface area contributed by atoms with E-state index in [9.17, 15) is 14.4 Å². The molecule has 4 amide bonds. The molecule has 0 bridgehead atoms. The number of carbonyl (C=O) groups excluding carboxylic acids is 3. The molecule has 1 saturated heterocycles. The van der Waals surface area contributed by atoms with Gasteiger partial charge >= 0.3 is 18.2 Å². The molecule has 34 heavy (non-hydrogen) atoms. The summed E-state index contributed by atoms with van der Waals surface area (Å²) in [6.07, 6.45) is -1.51. The van der Waals surface area contributed by atoms with Gasteiger partial charge in [-0.3, -0.25) is 0 Å². The van der Waals surface area contributed by atoms with E-state index in [0.29, 0.717) is 0 Å². The second-order valence-electron chi connectivity index (χ2n) is 10.4. The largest absolute Gasteiger partial charge is 0.443 e. The van der Waals surface area contributed by atoms with E-state index in [1.165, 1.54) is 14.7 Å². The average molecular weight is 476 g/mol. The highest BCUT2D eigenvalue weighted by Crippen LogP contribution is 2.19. The van der Waals surface area contributed by atoms with Crippen LogP contribution in [0.25, 0.3) is 0 Å². The fraction of sp³-hybridized carbons (Fsp3) is 0.583. The number of guanidine groups is 1. The van der Waals surface area contributed by atoms with Crippen molar-refractivity contribution in [2.24, 2.45) is 4.99 Å². The lowest BCUT2D eigenvalue weighted by Crippen LogP contribution is -2.60. The summed E-state index contributed by atoms with van der Waals surface area (Å²) in [5, 5.41) is 0. The summed E-state index contributed by atoms with van der Waals surface area (Å²) in [5.74, 6) is 0.0382. The molecule has 0 spiro atoms. The second kappa shape index (κ2) is 10.3. The van der Waals surface area contributed by atoms with Crippen molar-refractivity contribution in [3.8, 4) is 0 Å². The molecule has 188 valence electrons. The zero-order valence-corrected chi connectivity index (χ0v) is 21.7. The van der Waals surface area contributed by atoms with Gasteiger partial charge in [-0.25, -0.2) is 19.3 Å². The van der Waals surface area contributed by atoms with Gasteiger partial charge in [-0.15, -0.1) is 4.99 Å². The van der Waals surface area contributed by atoms with Crippen molar-refractivity contribution in [2.75, 3.05) is 27.4 Å². The first-order valence-electron chi connectivity index (χ1n) is 11.1. The molecule has 1 aromatic rings. The lowest BCUT2D eigenvalue weighted by atomic mass is 10.1. The van der Waals surface area contributed by atoms with Crippen LogP contribution in [-0.4, -0.2) is 82.4 Å². The van der Waals surface area contributed by atoms with Crippen molar-refractivity contribution in [1.82, 2.24) is 19.6 Å². The molecular weight excluding hydrogens is 438 g/mol. The van der Waals surface area contributed by atoms with Crippen molar-refractivity contribution >= 4 is 24.2 Å². The predicted molar refractivity (Wildman–Crippen MR) is 129 cm³/mol. The van der Waals surface area contributed by atoms with Gasteiger partial charge in [0.1, 0.15) is 11.2 Å². The number of hydrogen-bond donors (Lipinski definition) is 0. The smallest absolute Gasteiger partial charge is 0.437 e. The molecule has 1 fully saturated rings. The van der Waals surface area contributed by atoms with Crippen LogP contribution in [0.1, 0.15) is 52.7 Å². The molecule has 10 heteroatoms. The Kier molecular flexibility index (Phi) is 8.18. The number of rotatable bonds is 2. The van der Waals surface area contributed by atoms with Crippen molar-refractivity contribution in [3.05, 3.63) is 35.4 Å². The van der Waals surface area contributed by atoms with Crippen molar-refractivity contribution in [3.63, 3.8) is 0 Å². The Morgan fingerprint density at radius 3 is 2.06 bits per heavy atom. The van der Waals surface area contributed by atoms with Gasteiger partial charge in [0.25, 0.3) is 0 Å². The van der Waals surface area contributed by atoms with E-state index in [4.69, 9.17) is 9.47 Å². The number of carbonyl (C=O) groups is 3. The minimum atomic E-state index is -0.845. The zero-order valence-electron chi connectivity index (χ0n) is 21.7. The highest BCUT2D eigenvalue weighted by atomic mass is 16.6. The standard InChI is InChI=1S/C24H37N5O5/c1-17-11-10-12-18(13-17)14-29(22(32)34-24(5,6)7)19(25-20(30)33-23(2,3)4)28-15-26(8)21(31)27(9)16-28/h10-13H,14-16H2,1-9H3/b25-19+. The molecule has 0 N–H and O–H groups in total. The molecule has 1 aromatic carbocycles. The first-order valence-corrected chi connectivity index (χ1v) is 11.1. The normalized spacial score (nSPS) is 15.4. The molecule has 0 saturated carbocycles. The fourth-order valence-corrected chi connectivity index (χ4v) is 3.29. The van der Waals surface area contributed by atoms with E-state index in [0.717, 1.165) is 11.1 Å². The summed E-state index contributed by atoms with van der Waals surface area (Å²) in [7, 11) is 3.27. The highest BCUT2D eigenvalue weighted by Gasteiger charge is 2.35. The Morgan fingerprint density at radius 2 is 1.56 bits per heavy atom. The summed E-state index contributed by atoms with van der Waals surface area (Å²) in [5.41, 5.74) is 0.308. The van der Waals surface area contributed by atoms with Crippen LogP contribution >= 0.6 is 0 Å². The minimum absolute atomic E-state index is 0.0382. The number of hydrogen-bond acceptors (Lipinski definition) is 5. The molecule has 1 aliphatic heterocycles. The van der Waals surface area contributed by atoms with E-state index in [-0.39, 0.29) is 31.9 Å². The highest BCUT2D eigenvalue weighted by molar-refractivity contribution is 5.99. The van der Waals surface area contributed by atoms with Gasteiger partial charge in [0.05, 0.1) is 19.9 Å². The van der Waals surface area contributed by atoms with Crippen LogP contribution in [0.4, 0.5) is 14.4 Å². The topological polar surface area (TPSA) is 95.0 Å². The molecule has 10 nitrogen and oxygen atoms in total. The van der Waals surface area contributed by atoms with Crippen LogP contribution in [0.5, 0.6) is 0 Å². The fourth-order valence-electron chi connectivity index (χ4n) is 3.29. The maximum atomic E-state index is 13.4. The van der Waals surface area contributed by atoms with Gasteiger partial charge < -0.3 is 24.2 Å². The molecule has 2 rings (SSSR count). The molecule has 0 aliphatic carbocycles. The van der Waals surface area contributed by atoms with E-state index < -0.39 is 23.4 Å². The molecule has 1 aliphatic rings. The number of nitrogens with zero attached hydrogens (tertiary/aromatic N) is 5. The number of benzene rings is 1. The molecule has 1 heterocycles. The van der Waals surface area contributed by atoms with Crippen molar-refractivity contribution in [2.45, 2.75) is 66.2 Å². The van der Waals surface area contributed by atoms with Crippen LogP contribution in [0.2, 0.25) is 0 Å². The first-order chi connectivity index (χ1) is 15.6. The molecular formula is C24H37N5O5. The second-order valence-corrected chi connectivity index (χ2v) is 10.4. The maximum absolute atomic E-state index is 13.4. The van der Waals surface area contributed by atoms with E-state index in [1.54, 1.807) is 60.5 Å². The van der Waals surface area contributed by atoms with Crippen LogP contribution in [0.15, 0.2) is 29.3 Å². The maximum Gasteiger partial charge on any atom is 0.437 e. The van der Waals surface area contributed by atoms with Gasteiger partial charge in [-0.2, -0.15) is 0 Å². The van der Waals surface area contributed by atoms with Gasteiger partial charge in [-0.1, -0.05) is 29.8 Å². The van der Waals surface area contributed by atoms with E-state index >= 15 is 0 Å². The lowest BCUT2D eigenvalue weighted by molar-refractivity contribution is 0.0300. The van der Waals surface area contributed by atoms with Gasteiger partial charge in [0, 0.05) is 14.1 Å². The van der Waals surface area contributed by atoms with Gasteiger partial charge in [0.2, 0.25) is 5.96 Å². The Balaban J connectivity index is 2.56. The minimum Gasteiger partial charge on any atom is -0.443 e. The zero-order chi connectivity index (χ0) is 25.8. The number of ether oxygens (including phenoxy) is 2. The monoisotopic (exact) mass is 475 g/mol. The van der Waals surface area contributed by atoms with Crippen molar-refractivity contribution in [1.29, 1.82) is 0 Å².